The van der Waals surface area contributed by atoms with Crippen LogP contribution in [0.25, 0.3) is 32.7 Å². The Bertz CT molecular complexity index is 1140. The lowest BCUT2D eigenvalue weighted by Crippen LogP contribution is -1.98. The minimum absolute atomic E-state index is 0.777. The van der Waals surface area contributed by atoms with Gasteiger partial charge < -0.3 is 0 Å². The van der Waals surface area contributed by atoms with Crippen LogP contribution < -0.4 is 0 Å². The maximum atomic E-state index is 12.0. The van der Waals surface area contributed by atoms with Crippen LogP contribution in [0.15, 0.2) is 60.7 Å². The van der Waals surface area contributed by atoms with Gasteiger partial charge in [-0.3, -0.25) is 4.79 Å². The molecule has 0 unspecified atom stereocenters. The Morgan fingerprint density at radius 2 is 1.24 bits per heavy atom. The van der Waals surface area contributed by atoms with E-state index in [-0.39, 0.29) is 0 Å². The van der Waals surface area contributed by atoms with Crippen LogP contribution in [-0.2, 0) is 0 Å². The summed E-state index contributed by atoms with van der Waals surface area (Å²) in [5.74, 6) is 0. The Morgan fingerprint density at radius 1 is 0.640 bits per heavy atom. The lowest BCUT2D eigenvalue weighted by molar-refractivity contribution is 0.112. The number of fused-ring (bicyclic) bond motifs is 2. The molecular formula is C24H20O. The summed E-state index contributed by atoms with van der Waals surface area (Å²) >= 11 is 0. The van der Waals surface area contributed by atoms with E-state index < -0.39 is 0 Å². The molecule has 4 rings (SSSR count). The molecule has 122 valence electrons. The second kappa shape index (κ2) is 5.86. The van der Waals surface area contributed by atoms with Gasteiger partial charge in [-0.25, -0.2) is 0 Å². The Balaban J connectivity index is 2.16. The van der Waals surface area contributed by atoms with Gasteiger partial charge in [0.2, 0.25) is 0 Å². The number of carbonyl (C=O) groups is 1. The summed E-state index contributed by atoms with van der Waals surface area (Å²) < 4.78 is 0. The molecule has 0 radical (unpaired) electrons. The van der Waals surface area contributed by atoms with E-state index in [9.17, 15) is 4.79 Å². The molecule has 1 heteroatoms. The predicted octanol–water partition coefficient (Wildman–Crippen LogP) is 6.40. The first-order valence-electron chi connectivity index (χ1n) is 8.59. The van der Waals surface area contributed by atoms with Crippen molar-refractivity contribution in [3.63, 3.8) is 0 Å². The van der Waals surface area contributed by atoms with Gasteiger partial charge in [-0.2, -0.15) is 0 Å². The van der Waals surface area contributed by atoms with Crippen LogP contribution in [0.1, 0.15) is 27.0 Å². The van der Waals surface area contributed by atoms with Crippen LogP contribution in [0.5, 0.6) is 0 Å². The average molecular weight is 324 g/mol. The summed E-state index contributed by atoms with van der Waals surface area (Å²) in [6, 6.07) is 20.8. The van der Waals surface area contributed by atoms with Gasteiger partial charge in [-0.15, -0.1) is 0 Å². The third-order valence-corrected chi connectivity index (χ3v) is 5.41. The van der Waals surface area contributed by atoms with Gasteiger partial charge in [0.1, 0.15) is 0 Å². The maximum absolute atomic E-state index is 12.0. The lowest BCUT2D eigenvalue weighted by Gasteiger charge is -2.19. The number of aldehydes is 1. The van der Waals surface area contributed by atoms with Crippen LogP contribution in [0.4, 0.5) is 0 Å². The number of aryl methyl sites for hydroxylation is 2. The van der Waals surface area contributed by atoms with Gasteiger partial charge >= 0.3 is 0 Å². The quantitative estimate of drug-likeness (QED) is 0.390. The smallest absolute Gasteiger partial charge is 0.151 e. The molecule has 0 amide bonds. The van der Waals surface area contributed by atoms with Crippen molar-refractivity contribution in [2.45, 2.75) is 20.8 Å². The molecule has 4 aromatic rings. The summed E-state index contributed by atoms with van der Waals surface area (Å²) in [7, 11) is 0. The second-order valence-electron chi connectivity index (χ2n) is 6.66. The van der Waals surface area contributed by atoms with Gasteiger partial charge in [0.15, 0.2) is 6.29 Å². The van der Waals surface area contributed by atoms with Crippen molar-refractivity contribution in [2.24, 2.45) is 0 Å². The first-order chi connectivity index (χ1) is 12.1. The summed E-state index contributed by atoms with van der Waals surface area (Å²) in [5, 5.41) is 4.65. The number of hydrogen-bond donors (Lipinski definition) is 0. The Labute approximate surface area is 147 Å². The van der Waals surface area contributed by atoms with Gasteiger partial charge in [-0.1, -0.05) is 60.7 Å². The number of benzene rings is 4. The van der Waals surface area contributed by atoms with E-state index in [2.05, 4.69) is 63.2 Å². The number of hydrogen-bond acceptors (Lipinski definition) is 1. The van der Waals surface area contributed by atoms with Crippen LogP contribution in [0.3, 0.4) is 0 Å². The highest BCUT2D eigenvalue weighted by molar-refractivity contribution is 6.07. The molecule has 0 saturated heterocycles. The van der Waals surface area contributed by atoms with Crippen molar-refractivity contribution in [3.8, 4) is 11.1 Å². The van der Waals surface area contributed by atoms with Gasteiger partial charge in [0, 0.05) is 5.56 Å². The molecule has 0 bridgehead atoms. The minimum atomic E-state index is 0.777. The van der Waals surface area contributed by atoms with Crippen molar-refractivity contribution in [1.29, 1.82) is 0 Å². The molecule has 0 atom stereocenters. The average Bonchev–Trinajstić information content (AvgIpc) is 2.66. The van der Waals surface area contributed by atoms with Crippen LogP contribution in [0.2, 0.25) is 0 Å². The SMILES string of the molecule is Cc1c(-c2ccc3ccccc3c2C=O)c(C)c2ccccc2c1C. The van der Waals surface area contributed by atoms with Gasteiger partial charge in [0.25, 0.3) is 0 Å². The molecule has 0 aromatic heterocycles. The molecule has 0 aliphatic heterocycles. The van der Waals surface area contributed by atoms with E-state index in [1.54, 1.807) is 0 Å². The minimum Gasteiger partial charge on any atom is -0.298 e. The van der Waals surface area contributed by atoms with E-state index in [4.69, 9.17) is 0 Å². The summed E-state index contributed by atoms with van der Waals surface area (Å²) in [4.78, 5) is 12.0. The van der Waals surface area contributed by atoms with Gasteiger partial charge in [-0.05, 0) is 70.1 Å². The first kappa shape index (κ1) is 15.6. The Morgan fingerprint density at radius 3 is 1.92 bits per heavy atom. The van der Waals surface area contributed by atoms with Crippen LogP contribution in [0, 0.1) is 20.8 Å². The Kier molecular flexibility index (Phi) is 3.65. The van der Waals surface area contributed by atoms with Crippen molar-refractivity contribution >= 4 is 27.8 Å². The molecule has 0 N–H and O–H groups in total. The summed E-state index contributed by atoms with van der Waals surface area (Å²) in [5.41, 5.74) is 6.74. The second-order valence-corrected chi connectivity index (χ2v) is 6.66. The monoisotopic (exact) mass is 324 g/mol. The summed E-state index contributed by atoms with van der Waals surface area (Å²) in [6.45, 7) is 6.49. The zero-order valence-corrected chi connectivity index (χ0v) is 14.8. The highest BCUT2D eigenvalue weighted by Gasteiger charge is 2.17. The van der Waals surface area contributed by atoms with Crippen molar-refractivity contribution in [3.05, 3.63) is 82.9 Å². The highest BCUT2D eigenvalue weighted by atomic mass is 16.1. The van der Waals surface area contributed by atoms with Crippen molar-refractivity contribution in [2.75, 3.05) is 0 Å². The fourth-order valence-corrected chi connectivity index (χ4v) is 3.99. The molecule has 0 fully saturated rings. The molecule has 0 saturated carbocycles. The standard InChI is InChI=1S/C24H20O/c1-15-16(2)24(17(3)20-10-7-6-9-19(15)20)22-13-12-18-8-4-5-11-21(18)23(22)14-25/h4-14H,1-3H3. The first-order valence-corrected chi connectivity index (χ1v) is 8.59. The largest absolute Gasteiger partial charge is 0.298 e. The van der Waals surface area contributed by atoms with E-state index in [0.29, 0.717) is 0 Å². The van der Waals surface area contributed by atoms with E-state index >= 15 is 0 Å². The maximum Gasteiger partial charge on any atom is 0.151 e. The zero-order valence-electron chi connectivity index (χ0n) is 14.8. The molecule has 0 aliphatic carbocycles. The molecular weight excluding hydrogens is 304 g/mol. The molecule has 1 nitrogen and oxygen atoms in total. The predicted molar refractivity (Wildman–Crippen MR) is 106 cm³/mol. The third kappa shape index (κ3) is 2.27. The number of carbonyl (C=O) groups excluding carboxylic acids is 1. The zero-order chi connectivity index (χ0) is 17.6. The lowest BCUT2D eigenvalue weighted by atomic mass is 9.85. The van der Waals surface area contributed by atoms with Crippen molar-refractivity contribution in [1.82, 2.24) is 0 Å². The Hall–Kier alpha value is -2.93. The van der Waals surface area contributed by atoms with E-state index in [1.165, 1.54) is 33.0 Å². The van der Waals surface area contributed by atoms with E-state index in [0.717, 1.165) is 28.2 Å². The highest BCUT2D eigenvalue weighted by Crippen LogP contribution is 2.38. The van der Waals surface area contributed by atoms with E-state index in [1.807, 2.05) is 18.2 Å². The topological polar surface area (TPSA) is 17.1 Å². The fourth-order valence-electron chi connectivity index (χ4n) is 3.99. The third-order valence-electron chi connectivity index (χ3n) is 5.41. The molecule has 0 heterocycles. The van der Waals surface area contributed by atoms with Crippen LogP contribution in [-0.4, -0.2) is 6.29 Å². The fraction of sp³-hybridized carbons (Fsp3) is 0.125. The number of rotatable bonds is 2. The van der Waals surface area contributed by atoms with Crippen molar-refractivity contribution < 1.29 is 4.79 Å². The molecule has 25 heavy (non-hydrogen) atoms. The summed E-state index contributed by atoms with van der Waals surface area (Å²) in [6.07, 6.45) is 1.00. The normalized spacial score (nSPS) is 11.2. The molecule has 4 aromatic carbocycles. The molecule has 0 spiro atoms. The van der Waals surface area contributed by atoms with Gasteiger partial charge in [0.05, 0.1) is 0 Å². The molecule has 0 aliphatic rings. The van der Waals surface area contributed by atoms with Crippen LogP contribution >= 0.6 is 0 Å².